The SMILES string of the molecule is CNc1cc(OC2CCCC(C)C2)cc([N+](=O)[O-])c1. The molecule has 1 aromatic carbocycles. The van der Waals surface area contributed by atoms with E-state index in [2.05, 4.69) is 12.2 Å². The summed E-state index contributed by atoms with van der Waals surface area (Å²) in [6, 6.07) is 4.82. The zero-order valence-electron chi connectivity index (χ0n) is 11.4. The lowest BCUT2D eigenvalue weighted by Gasteiger charge is -2.27. The summed E-state index contributed by atoms with van der Waals surface area (Å²) < 4.78 is 5.91. The van der Waals surface area contributed by atoms with Crippen molar-refractivity contribution in [1.82, 2.24) is 0 Å². The van der Waals surface area contributed by atoms with Crippen molar-refractivity contribution in [3.63, 3.8) is 0 Å². The van der Waals surface area contributed by atoms with Crippen LogP contribution < -0.4 is 10.1 Å². The molecule has 0 amide bonds. The lowest BCUT2D eigenvalue weighted by molar-refractivity contribution is -0.384. The zero-order valence-corrected chi connectivity index (χ0v) is 11.4. The summed E-state index contributed by atoms with van der Waals surface area (Å²) in [6.45, 7) is 2.22. The van der Waals surface area contributed by atoms with Crippen molar-refractivity contribution in [2.75, 3.05) is 12.4 Å². The van der Waals surface area contributed by atoms with E-state index >= 15 is 0 Å². The minimum Gasteiger partial charge on any atom is -0.490 e. The predicted molar refractivity (Wildman–Crippen MR) is 74.7 cm³/mol. The second kappa shape index (κ2) is 5.91. The number of nitro groups is 1. The molecule has 0 heterocycles. The molecule has 2 unspecified atom stereocenters. The number of nitro benzene ring substituents is 1. The van der Waals surface area contributed by atoms with Gasteiger partial charge < -0.3 is 10.1 Å². The van der Waals surface area contributed by atoms with Gasteiger partial charge in [-0.2, -0.15) is 0 Å². The maximum absolute atomic E-state index is 10.9. The third kappa shape index (κ3) is 3.59. The minimum absolute atomic E-state index is 0.0608. The Balaban J connectivity index is 2.14. The molecule has 1 aliphatic rings. The van der Waals surface area contributed by atoms with E-state index in [1.54, 1.807) is 7.05 Å². The Kier molecular flexibility index (Phi) is 4.24. The van der Waals surface area contributed by atoms with Crippen molar-refractivity contribution in [2.45, 2.75) is 38.7 Å². The summed E-state index contributed by atoms with van der Waals surface area (Å²) in [5.74, 6) is 1.25. The quantitative estimate of drug-likeness (QED) is 0.666. The molecule has 0 aromatic heterocycles. The molecule has 0 spiro atoms. The van der Waals surface area contributed by atoms with Crippen molar-refractivity contribution in [1.29, 1.82) is 0 Å². The largest absolute Gasteiger partial charge is 0.490 e. The van der Waals surface area contributed by atoms with Gasteiger partial charge in [0.1, 0.15) is 5.75 Å². The first-order chi connectivity index (χ1) is 9.08. The first-order valence-electron chi connectivity index (χ1n) is 6.72. The first-order valence-corrected chi connectivity index (χ1v) is 6.72. The highest BCUT2D eigenvalue weighted by molar-refractivity contribution is 5.56. The Morgan fingerprint density at radius 2 is 2.16 bits per heavy atom. The van der Waals surface area contributed by atoms with E-state index in [1.807, 2.05) is 6.07 Å². The van der Waals surface area contributed by atoms with Crippen LogP contribution in [0, 0.1) is 16.0 Å². The third-order valence-electron chi connectivity index (χ3n) is 3.58. The summed E-state index contributed by atoms with van der Waals surface area (Å²) in [7, 11) is 1.74. The van der Waals surface area contributed by atoms with Gasteiger partial charge in [0.25, 0.3) is 5.69 Å². The van der Waals surface area contributed by atoms with E-state index in [0.717, 1.165) is 12.8 Å². The van der Waals surface area contributed by atoms with Gasteiger partial charge in [-0.25, -0.2) is 0 Å². The normalized spacial score (nSPS) is 22.8. The average molecular weight is 264 g/mol. The average Bonchev–Trinajstić information content (AvgIpc) is 2.38. The molecule has 0 radical (unpaired) electrons. The molecule has 1 N–H and O–H groups in total. The number of ether oxygens (including phenoxy) is 1. The highest BCUT2D eigenvalue weighted by atomic mass is 16.6. The fraction of sp³-hybridized carbons (Fsp3) is 0.571. The highest BCUT2D eigenvalue weighted by Gasteiger charge is 2.21. The second-order valence-corrected chi connectivity index (χ2v) is 5.23. The van der Waals surface area contributed by atoms with Gasteiger partial charge in [-0.05, 0) is 25.2 Å². The molecule has 2 rings (SSSR count). The van der Waals surface area contributed by atoms with Crippen LogP contribution in [0.5, 0.6) is 5.75 Å². The Labute approximate surface area is 113 Å². The monoisotopic (exact) mass is 264 g/mol. The molecule has 1 aliphatic carbocycles. The molecule has 1 aromatic rings. The number of nitrogens with zero attached hydrogens (tertiary/aromatic N) is 1. The topological polar surface area (TPSA) is 64.4 Å². The third-order valence-corrected chi connectivity index (χ3v) is 3.58. The van der Waals surface area contributed by atoms with E-state index in [9.17, 15) is 10.1 Å². The molecule has 0 bridgehead atoms. The number of rotatable bonds is 4. The molecule has 104 valence electrons. The van der Waals surface area contributed by atoms with E-state index in [1.165, 1.54) is 25.0 Å². The van der Waals surface area contributed by atoms with Crippen molar-refractivity contribution >= 4 is 11.4 Å². The van der Waals surface area contributed by atoms with Gasteiger partial charge in [0.05, 0.1) is 17.1 Å². The molecule has 19 heavy (non-hydrogen) atoms. The number of hydrogen-bond acceptors (Lipinski definition) is 4. The minimum atomic E-state index is -0.392. The smallest absolute Gasteiger partial charge is 0.275 e. The van der Waals surface area contributed by atoms with Crippen molar-refractivity contribution in [3.8, 4) is 5.75 Å². The van der Waals surface area contributed by atoms with Gasteiger partial charge in [0.15, 0.2) is 0 Å². The number of benzene rings is 1. The molecule has 0 aliphatic heterocycles. The molecule has 2 atom stereocenters. The molecule has 0 saturated heterocycles. The number of hydrogen-bond donors (Lipinski definition) is 1. The van der Waals surface area contributed by atoms with Crippen LogP contribution in [0.1, 0.15) is 32.6 Å². The van der Waals surface area contributed by atoms with Crippen LogP contribution in [0.15, 0.2) is 18.2 Å². The van der Waals surface area contributed by atoms with E-state index < -0.39 is 4.92 Å². The molecule has 1 fully saturated rings. The zero-order chi connectivity index (χ0) is 13.8. The van der Waals surface area contributed by atoms with Gasteiger partial charge in [-0.3, -0.25) is 10.1 Å². The van der Waals surface area contributed by atoms with Crippen LogP contribution >= 0.6 is 0 Å². The Morgan fingerprint density at radius 3 is 2.79 bits per heavy atom. The predicted octanol–water partition coefficient (Wildman–Crippen LogP) is 3.59. The summed E-state index contributed by atoms with van der Waals surface area (Å²) in [5.41, 5.74) is 0.763. The van der Waals surface area contributed by atoms with E-state index in [-0.39, 0.29) is 11.8 Å². The molecule has 5 nitrogen and oxygen atoms in total. The van der Waals surface area contributed by atoms with Gasteiger partial charge in [-0.1, -0.05) is 13.3 Å². The van der Waals surface area contributed by atoms with Gasteiger partial charge >= 0.3 is 0 Å². The van der Waals surface area contributed by atoms with Crippen LogP contribution in [0.25, 0.3) is 0 Å². The van der Waals surface area contributed by atoms with Crippen molar-refractivity contribution in [2.24, 2.45) is 5.92 Å². The maximum Gasteiger partial charge on any atom is 0.275 e. The van der Waals surface area contributed by atoms with Gasteiger partial charge in [-0.15, -0.1) is 0 Å². The van der Waals surface area contributed by atoms with Crippen LogP contribution in [0.4, 0.5) is 11.4 Å². The summed E-state index contributed by atoms with van der Waals surface area (Å²) in [6.07, 6.45) is 4.64. The standard InChI is InChI=1S/C14H20N2O3/c1-10-4-3-5-13(6-10)19-14-8-11(15-2)7-12(9-14)16(17)18/h7-10,13,15H,3-6H2,1-2H3. The highest BCUT2D eigenvalue weighted by Crippen LogP contribution is 2.31. The summed E-state index contributed by atoms with van der Waals surface area (Å²) in [5, 5.41) is 13.8. The van der Waals surface area contributed by atoms with Crippen molar-refractivity contribution < 1.29 is 9.66 Å². The van der Waals surface area contributed by atoms with Gasteiger partial charge in [0.2, 0.25) is 0 Å². The summed E-state index contributed by atoms with van der Waals surface area (Å²) in [4.78, 5) is 10.5. The number of nitrogens with one attached hydrogen (secondary N) is 1. The lowest BCUT2D eigenvalue weighted by Crippen LogP contribution is -2.24. The maximum atomic E-state index is 10.9. The van der Waals surface area contributed by atoms with Crippen LogP contribution in [-0.4, -0.2) is 18.1 Å². The Bertz CT molecular complexity index is 462. The van der Waals surface area contributed by atoms with Crippen LogP contribution in [0.2, 0.25) is 0 Å². The lowest BCUT2D eigenvalue weighted by atomic mass is 9.89. The Morgan fingerprint density at radius 1 is 1.37 bits per heavy atom. The molecular formula is C14H20N2O3. The number of non-ortho nitro benzene ring substituents is 1. The van der Waals surface area contributed by atoms with Crippen LogP contribution in [0.3, 0.4) is 0 Å². The molecular weight excluding hydrogens is 244 g/mol. The molecule has 5 heteroatoms. The van der Waals surface area contributed by atoms with E-state index in [0.29, 0.717) is 17.4 Å². The van der Waals surface area contributed by atoms with Crippen molar-refractivity contribution in [3.05, 3.63) is 28.3 Å². The Hall–Kier alpha value is -1.78. The first kappa shape index (κ1) is 13.6. The second-order valence-electron chi connectivity index (χ2n) is 5.23. The summed E-state index contributed by atoms with van der Waals surface area (Å²) >= 11 is 0. The number of anilines is 1. The fourth-order valence-corrected chi connectivity index (χ4v) is 2.58. The fourth-order valence-electron chi connectivity index (χ4n) is 2.58. The van der Waals surface area contributed by atoms with Crippen LogP contribution in [-0.2, 0) is 0 Å². The molecule has 1 saturated carbocycles. The van der Waals surface area contributed by atoms with E-state index in [4.69, 9.17) is 4.74 Å². The van der Waals surface area contributed by atoms with Gasteiger partial charge in [0, 0.05) is 24.9 Å².